The van der Waals surface area contributed by atoms with Crippen molar-refractivity contribution in [3.05, 3.63) is 22.4 Å². The molecule has 0 saturated heterocycles. The predicted octanol–water partition coefficient (Wildman–Crippen LogP) is 2.29. The van der Waals surface area contributed by atoms with E-state index in [0.717, 1.165) is 10.2 Å². The Morgan fingerprint density at radius 2 is 2.50 bits per heavy atom. The van der Waals surface area contributed by atoms with Crippen LogP contribution in [0.15, 0.2) is 22.9 Å². The molecule has 0 aliphatic heterocycles. The van der Waals surface area contributed by atoms with Crippen LogP contribution in [0.4, 0.5) is 0 Å². The minimum absolute atomic E-state index is 0.671. The maximum atomic E-state index is 5.15. The van der Waals surface area contributed by atoms with Gasteiger partial charge >= 0.3 is 0 Å². The first kappa shape index (κ1) is 7.57. The van der Waals surface area contributed by atoms with E-state index in [9.17, 15) is 0 Å². The van der Waals surface area contributed by atoms with Crippen LogP contribution in [0, 0.1) is 4.64 Å². The lowest BCUT2D eigenvalue weighted by Gasteiger charge is -1.96. The van der Waals surface area contributed by atoms with Gasteiger partial charge in [0.2, 0.25) is 0 Å². The summed E-state index contributed by atoms with van der Waals surface area (Å²) in [5.41, 5.74) is 2.69. The van der Waals surface area contributed by atoms with Crippen LogP contribution in [0.2, 0.25) is 0 Å². The Hall–Kier alpha value is -1.07. The fourth-order valence-corrected chi connectivity index (χ4v) is 2.03. The molecular formula is C7H5N3S2. The van der Waals surface area contributed by atoms with Crippen LogP contribution in [-0.4, -0.2) is 16.4 Å². The SMILES string of the molecule is C=Nn1ccc2ncsc2c1=S. The Morgan fingerprint density at radius 3 is 3.25 bits per heavy atom. The number of fused-ring (bicyclic) bond motifs is 1. The van der Waals surface area contributed by atoms with E-state index < -0.39 is 0 Å². The van der Waals surface area contributed by atoms with Crippen molar-refractivity contribution in [3.8, 4) is 0 Å². The van der Waals surface area contributed by atoms with Crippen molar-refractivity contribution < 1.29 is 0 Å². The van der Waals surface area contributed by atoms with E-state index in [1.807, 2.05) is 6.07 Å². The molecule has 0 aromatic carbocycles. The monoisotopic (exact) mass is 195 g/mol. The van der Waals surface area contributed by atoms with Gasteiger partial charge in [-0.15, -0.1) is 11.3 Å². The molecule has 0 atom stereocenters. The number of pyridine rings is 1. The molecule has 12 heavy (non-hydrogen) atoms. The van der Waals surface area contributed by atoms with Gasteiger partial charge in [-0.25, -0.2) is 9.66 Å². The molecule has 0 aliphatic rings. The van der Waals surface area contributed by atoms with E-state index >= 15 is 0 Å². The summed E-state index contributed by atoms with van der Waals surface area (Å²) in [6.07, 6.45) is 1.76. The molecular weight excluding hydrogens is 190 g/mol. The maximum absolute atomic E-state index is 5.15. The number of rotatable bonds is 1. The second-order valence-corrected chi connectivity index (χ2v) is 3.42. The summed E-state index contributed by atoms with van der Waals surface area (Å²) >= 11 is 6.67. The van der Waals surface area contributed by atoms with Gasteiger partial charge in [0.15, 0.2) is 0 Å². The molecule has 0 fully saturated rings. The third kappa shape index (κ3) is 0.981. The molecule has 0 spiro atoms. The quantitative estimate of drug-likeness (QED) is 0.516. The molecule has 2 rings (SSSR count). The van der Waals surface area contributed by atoms with Crippen molar-refractivity contribution in [3.63, 3.8) is 0 Å². The van der Waals surface area contributed by atoms with Crippen LogP contribution < -0.4 is 0 Å². The summed E-state index contributed by atoms with van der Waals surface area (Å²) in [6, 6.07) is 1.87. The summed E-state index contributed by atoms with van der Waals surface area (Å²) in [5, 5.41) is 3.74. The zero-order chi connectivity index (χ0) is 8.55. The third-order valence-electron chi connectivity index (χ3n) is 1.52. The highest BCUT2D eigenvalue weighted by Gasteiger charge is 1.99. The number of hydrogen-bond donors (Lipinski definition) is 0. The average Bonchev–Trinajstić information content (AvgIpc) is 2.53. The van der Waals surface area contributed by atoms with Crippen LogP contribution in [-0.2, 0) is 0 Å². The number of aromatic nitrogens is 2. The Balaban J connectivity index is 2.96. The van der Waals surface area contributed by atoms with Gasteiger partial charge in [0.1, 0.15) is 4.64 Å². The van der Waals surface area contributed by atoms with E-state index in [1.54, 1.807) is 16.4 Å². The minimum Gasteiger partial charge on any atom is -0.244 e. The molecule has 0 amide bonds. The first-order chi connectivity index (χ1) is 5.83. The molecule has 2 aromatic heterocycles. The average molecular weight is 195 g/mol. The zero-order valence-corrected chi connectivity index (χ0v) is 7.73. The molecule has 0 bridgehead atoms. The summed E-state index contributed by atoms with van der Waals surface area (Å²) in [7, 11) is 0. The van der Waals surface area contributed by atoms with Crippen LogP contribution in [0.3, 0.4) is 0 Å². The van der Waals surface area contributed by atoms with Crippen molar-refractivity contribution in [1.29, 1.82) is 0 Å². The maximum Gasteiger partial charge on any atom is 0.147 e. The molecule has 0 saturated carbocycles. The molecule has 0 aliphatic carbocycles. The normalized spacial score (nSPS) is 10.3. The van der Waals surface area contributed by atoms with Gasteiger partial charge < -0.3 is 0 Å². The lowest BCUT2D eigenvalue weighted by Crippen LogP contribution is -1.88. The van der Waals surface area contributed by atoms with Crippen molar-refractivity contribution in [2.45, 2.75) is 0 Å². The van der Waals surface area contributed by atoms with Crippen molar-refractivity contribution >= 4 is 40.5 Å². The van der Waals surface area contributed by atoms with Crippen molar-refractivity contribution in [1.82, 2.24) is 9.66 Å². The Labute approximate surface area is 78.0 Å². The topological polar surface area (TPSA) is 30.2 Å². The second kappa shape index (κ2) is 2.76. The minimum atomic E-state index is 0.671. The first-order valence-corrected chi connectivity index (χ1v) is 4.53. The standard InChI is InChI=1S/C7H5N3S2/c1-8-10-3-2-5-6(7(10)11)12-4-9-5/h2-4H,1H2. The van der Waals surface area contributed by atoms with Crippen LogP contribution >= 0.6 is 23.6 Å². The summed E-state index contributed by atoms with van der Waals surface area (Å²) in [6.45, 7) is 3.41. The predicted molar refractivity (Wildman–Crippen MR) is 53.4 cm³/mol. The van der Waals surface area contributed by atoms with Gasteiger partial charge in [0, 0.05) is 12.9 Å². The van der Waals surface area contributed by atoms with E-state index in [0.29, 0.717) is 4.64 Å². The zero-order valence-electron chi connectivity index (χ0n) is 6.10. The van der Waals surface area contributed by atoms with Gasteiger partial charge in [-0.1, -0.05) is 12.2 Å². The van der Waals surface area contributed by atoms with Gasteiger partial charge in [0.05, 0.1) is 15.7 Å². The molecule has 0 radical (unpaired) electrons. The largest absolute Gasteiger partial charge is 0.244 e. The van der Waals surface area contributed by atoms with E-state index in [4.69, 9.17) is 12.2 Å². The van der Waals surface area contributed by atoms with E-state index in [-0.39, 0.29) is 0 Å². The van der Waals surface area contributed by atoms with Crippen LogP contribution in [0.1, 0.15) is 0 Å². The van der Waals surface area contributed by atoms with Gasteiger partial charge in [0.25, 0.3) is 0 Å². The summed E-state index contributed by atoms with van der Waals surface area (Å²) < 4.78 is 3.22. The third-order valence-corrected chi connectivity index (χ3v) is 2.89. The number of nitrogens with zero attached hydrogens (tertiary/aromatic N) is 3. The highest BCUT2D eigenvalue weighted by Crippen LogP contribution is 2.18. The van der Waals surface area contributed by atoms with Gasteiger partial charge in [-0.2, -0.15) is 5.10 Å². The number of thiazole rings is 1. The van der Waals surface area contributed by atoms with Crippen LogP contribution in [0.5, 0.6) is 0 Å². The number of hydrogen-bond acceptors (Lipinski definition) is 4. The summed E-state index contributed by atoms with van der Waals surface area (Å²) in [4.78, 5) is 4.13. The van der Waals surface area contributed by atoms with Crippen LogP contribution in [0.25, 0.3) is 10.2 Å². The lowest BCUT2D eigenvalue weighted by molar-refractivity contribution is 0.873. The molecule has 2 heterocycles. The smallest absolute Gasteiger partial charge is 0.147 e. The molecule has 0 N–H and O–H groups in total. The second-order valence-electron chi connectivity index (χ2n) is 2.17. The highest BCUT2D eigenvalue weighted by molar-refractivity contribution is 7.71. The summed E-state index contributed by atoms with van der Waals surface area (Å²) in [5.74, 6) is 0. The Bertz CT molecular complexity index is 483. The lowest BCUT2D eigenvalue weighted by atomic mass is 10.4. The fourth-order valence-electron chi connectivity index (χ4n) is 0.958. The van der Waals surface area contributed by atoms with Crippen molar-refractivity contribution in [2.75, 3.05) is 0 Å². The molecule has 3 nitrogen and oxygen atoms in total. The van der Waals surface area contributed by atoms with Gasteiger partial charge in [-0.3, -0.25) is 0 Å². The van der Waals surface area contributed by atoms with E-state index in [2.05, 4.69) is 16.8 Å². The van der Waals surface area contributed by atoms with Gasteiger partial charge in [-0.05, 0) is 6.07 Å². The molecule has 5 heteroatoms. The Kier molecular flexibility index (Phi) is 1.74. The highest BCUT2D eigenvalue weighted by atomic mass is 32.1. The molecule has 60 valence electrons. The van der Waals surface area contributed by atoms with E-state index in [1.165, 1.54) is 11.3 Å². The first-order valence-electron chi connectivity index (χ1n) is 3.25. The Morgan fingerprint density at radius 1 is 1.67 bits per heavy atom. The molecule has 2 aromatic rings. The molecule has 0 unspecified atom stereocenters. The van der Waals surface area contributed by atoms with Crippen molar-refractivity contribution in [2.24, 2.45) is 5.10 Å². The fraction of sp³-hybridized carbons (Fsp3) is 0.